The first-order valence-electron chi connectivity index (χ1n) is 13.1. The van der Waals surface area contributed by atoms with Crippen molar-refractivity contribution in [2.24, 2.45) is 0 Å². The van der Waals surface area contributed by atoms with Gasteiger partial charge in [0.1, 0.15) is 12.5 Å². The zero-order chi connectivity index (χ0) is 30.7. The van der Waals surface area contributed by atoms with Gasteiger partial charge in [0, 0.05) is 17.5 Å². The van der Waals surface area contributed by atoms with Crippen molar-refractivity contribution >= 4 is 16.8 Å². The van der Waals surface area contributed by atoms with Crippen LogP contribution in [-0.2, 0) is 13.0 Å². The summed E-state index contributed by atoms with van der Waals surface area (Å²) in [6.45, 7) is 0.870. The Balaban J connectivity index is 1.44. The van der Waals surface area contributed by atoms with Gasteiger partial charge in [-0.05, 0) is 24.6 Å². The molecule has 0 N–H and O–H groups in total. The summed E-state index contributed by atoms with van der Waals surface area (Å²) in [6.07, 6.45) is 2.67. The molecule has 0 saturated carbocycles. The number of nitrogens with zero attached hydrogens (tertiary/aromatic N) is 3. The van der Waals surface area contributed by atoms with E-state index < -0.39 is 29.5 Å². The fourth-order valence-electron chi connectivity index (χ4n) is 4.72. The second-order valence-corrected chi connectivity index (χ2v) is 13.8. The van der Waals surface area contributed by atoms with Crippen LogP contribution in [0.1, 0.15) is 21.6 Å². The van der Waals surface area contributed by atoms with Crippen LogP contribution >= 0.6 is 0 Å². The van der Waals surface area contributed by atoms with Crippen LogP contribution in [0.4, 0.5) is 13.2 Å². The second-order valence-electron chi connectivity index (χ2n) is 9.50. The first-order valence-corrected chi connectivity index (χ1v) is 19.5. The van der Waals surface area contributed by atoms with Gasteiger partial charge < -0.3 is 4.57 Å². The van der Waals surface area contributed by atoms with Gasteiger partial charge in [-0.1, -0.05) is 12.1 Å². The second kappa shape index (κ2) is 13.5. The molecule has 6 nitrogen and oxygen atoms in total. The Morgan fingerprint density at radius 2 is 1.77 bits per heavy atom. The number of aryl methyl sites for hydroxylation is 1. The molecular weight excluding hydrogens is 785 g/mol. The number of hydrogen-bond acceptors (Lipinski definition) is 5. The number of pyridine rings is 3. The van der Waals surface area contributed by atoms with Crippen LogP contribution in [0.2, 0.25) is 0 Å². The van der Waals surface area contributed by atoms with E-state index in [4.69, 9.17) is 9.72 Å². The molecule has 2 aromatic carbocycles. The molecule has 3 aromatic heterocycles. The van der Waals surface area contributed by atoms with Gasteiger partial charge in [-0.3, -0.25) is 4.79 Å². The zero-order valence-corrected chi connectivity index (χ0v) is 27.7. The number of carbonyl (C=O) groups is 1. The molecule has 0 fully saturated rings. The first-order chi connectivity index (χ1) is 20.7. The average molecular weight is 811 g/mol. The summed E-state index contributed by atoms with van der Waals surface area (Å²) in [6, 6.07) is 13.2. The first kappa shape index (κ1) is 31.1. The number of rotatable bonds is 10. The maximum absolute atomic E-state index is 15.3. The number of ketones is 1. The van der Waals surface area contributed by atoms with E-state index in [9.17, 15) is 18.4 Å². The van der Waals surface area contributed by atoms with Gasteiger partial charge >= 0.3 is 172 Å². The van der Waals surface area contributed by atoms with Gasteiger partial charge in [-0.25, -0.2) is 8.78 Å². The number of Topliss-reactive ketones (excluding diaryl/α,β-unsaturated/α-hetero) is 1. The summed E-state index contributed by atoms with van der Waals surface area (Å²) < 4.78 is 51.9. The third-order valence-electron chi connectivity index (χ3n) is 6.86. The Labute approximate surface area is 266 Å². The van der Waals surface area contributed by atoms with Crippen LogP contribution in [0.3, 0.4) is 0 Å². The van der Waals surface area contributed by atoms with Crippen molar-refractivity contribution in [3.63, 3.8) is 0 Å². The van der Waals surface area contributed by atoms with Gasteiger partial charge in [0.2, 0.25) is 0 Å². The zero-order valence-electron chi connectivity index (χ0n) is 23.4. The quantitative estimate of drug-likeness (QED) is 0.0862. The summed E-state index contributed by atoms with van der Waals surface area (Å²) in [4.78, 5) is 40.3. The van der Waals surface area contributed by atoms with Crippen molar-refractivity contribution in [2.75, 3.05) is 16.5 Å². The van der Waals surface area contributed by atoms with Crippen molar-refractivity contribution in [1.29, 1.82) is 0 Å². The van der Waals surface area contributed by atoms with Gasteiger partial charge in [0.05, 0.1) is 6.54 Å². The topological polar surface area (TPSA) is 74.1 Å². The molecule has 0 atom stereocenters. The van der Waals surface area contributed by atoms with E-state index in [0.717, 1.165) is 3.70 Å². The summed E-state index contributed by atoms with van der Waals surface area (Å²) in [5.41, 5.74) is 1.94. The monoisotopic (exact) mass is 811 g/mol. The summed E-state index contributed by atoms with van der Waals surface area (Å²) in [7, 11) is 0. The predicted octanol–water partition coefficient (Wildman–Crippen LogP) is 0.00912. The van der Waals surface area contributed by atoms with E-state index >= 15 is 4.39 Å². The molecular formula is C32H26F3I2N3O3-2. The Kier molecular flexibility index (Phi) is 9.79. The molecule has 5 rings (SSSR count). The van der Waals surface area contributed by atoms with Crippen LogP contribution in [0.15, 0.2) is 71.8 Å². The molecule has 0 unspecified atom stereocenters. The fourth-order valence-corrected chi connectivity index (χ4v) is 9.78. The molecule has 0 aliphatic heterocycles. The van der Waals surface area contributed by atoms with Crippen molar-refractivity contribution in [3.05, 3.63) is 113 Å². The molecule has 0 radical (unpaired) electrons. The molecule has 0 amide bonds. The van der Waals surface area contributed by atoms with E-state index in [-0.39, 0.29) is 72.3 Å². The number of ether oxygens (including phenoxy) is 1. The third kappa shape index (κ3) is 6.61. The van der Waals surface area contributed by atoms with Crippen molar-refractivity contribution in [3.8, 4) is 22.6 Å². The number of alkyl halides is 3. The minimum absolute atomic E-state index is 0.0375. The van der Waals surface area contributed by atoms with Crippen LogP contribution < -0.4 is 52.6 Å². The van der Waals surface area contributed by atoms with E-state index in [1.807, 2.05) is 6.07 Å². The maximum atomic E-state index is 15.3. The molecule has 224 valence electrons. The Morgan fingerprint density at radius 3 is 2.44 bits per heavy atom. The van der Waals surface area contributed by atoms with Crippen LogP contribution in [0.25, 0.3) is 22.2 Å². The molecule has 0 bridgehead atoms. The standard InChI is InChI=1S/C32H26F3I2N3O3/c1-18-29(20-5-7-21(34)8-6-20)31(42)22(17-40(18)13-11-33)26(41)15-19-4-9-27(23(35)14-19)43-28-10-12-38-25-16-24(36-2)32(37-3)39-30(25)28/h4-10,12,14,16-17H,11,13,15H2,1-3H3/q-2. The SMILES string of the molecule is C[I-]c1cc2nccc(Oc3ccc(CC(=O)c4cn(CCF)c(C)c(-c5ccc(F)cc5)c4=O)cc3F)c2nc1[I-]C. The Hall–Kier alpha value is -3.33. The van der Waals surface area contributed by atoms with Crippen LogP contribution in [0, 0.1) is 25.8 Å². The molecule has 0 saturated heterocycles. The fraction of sp³-hybridized carbons (Fsp3) is 0.188. The number of halogens is 5. The van der Waals surface area contributed by atoms with Gasteiger partial charge in [0.15, 0.2) is 5.43 Å². The molecule has 11 heteroatoms. The van der Waals surface area contributed by atoms with Crippen molar-refractivity contribution < 1.29 is 65.1 Å². The van der Waals surface area contributed by atoms with Gasteiger partial charge in [-0.2, -0.15) is 0 Å². The number of fused-ring (bicyclic) bond motifs is 1. The molecule has 0 aliphatic carbocycles. The summed E-state index contributed by atoms with van der Waals surface area (Å²) in [5.74, 6) is -1.36. The predicted molar refractivity (Wildman–Crippen MR) is 150 cm³/mol. The average Bonchev–Trinajstić information content (AvgIpc) is 3.00. The number of aromatic nitrogens is 3. The molecule has 43 heavy (non-hydrogen) atoms. The van der Waals surface area contributed by atoms with E-state index in [1.165, 1.54) is 50.7 Å². The van der Waals surface area contributed by atoms with Crippen LogP contribution in [-0.4, -0.2) is 36.9 Å². The normalized spacial score (nSPS) is 11.4. The van der Waals surface area contributed by atoms with E-state index in [0.29, 0.717) is 33.6 Å². The summed E-state index contributed by atoms with van der Waals surface area (Å²) in [5, 5.41) is 0. The number of hydrogen-bond donors (Lipinski definition) is 0. The molecule has 0 aliphatic rings. The van der Waals surface area contributed by atoms with Crippen molar-refractivity contribution in [2.45, 2.75) is 19.9 Å². The number of carbonyl (C=O) groups excluding carboxylic acids is 1. The van der Waals surface area contributed by atoms with Crippen LogP contribution in [0.5, 0.6) is 11.5 Å². The van der Waals surface area contributed by atoms with E-state index in [1.54, 1.807) is 25.3 Å². The summed E-state index contributed by atoms with van der Waals surface area (Å²) >= 11 is -0.427. The number of benzene rings is 2. The Morgan fingerprint density at radius 1 is 1.00 bits per heavy atom. The van der Waals surface area contributed by atoms with Crippen molar-refractivity contribution in [1.82, 2.24) is 14.5 Å². The molecule has 0 spiro atoms. The molecule has 5 aromatic rings. The molecule has 3 heterocycles. The Bertz CT molecular complexity index is 1900. The van der Waals surface area contributed by atoms with Gasteiger partial charge in [0.25, 0.3) is 0 Å². The van der Waals surface area contributed by atoms with Gasteiger partial charge in [-0.15, -0.1) is 0 Å². The van der Waals surface area contributed by atoms with E-state index in [2.05, 4.69) is 14.8 Å². The minimum atomic E-state index is -0.711. The third-order valence-corrected chi connectivity index (χ3v) is 11.7.